The molecule has 2 aliphatic rings. The Kier molecular flexibility index (Phi) is 11.6. The Morgan fingerprint density at radius 1 is 1.17 bits per heavy atom. The van der Waals surface area contributed by atoms with Crippen LogP contribution in [0.5, 0.6) is 0 Å². The minimum Gasteiger partial charge on any atom is -1.00 e. The molecule has 2 aliphatic carbocycles. The standard InChI is InChI=1S/C17H24O2Si.2ClH.Zr/c1-6-18-17(2,14-10-7-8-11-14)15-12-9-13-16(15)19-20(3,4)5;;;/h7,10,13H,6,8-9H2,1-5H3;2*1H;/q-2;;;+4/p-2. The summed E-state index contributed by atoms with van der Waals surface area (Å²) >= 11 is 0. The first-order valence-electron chi connectivity index (χ1n) is 7.29. The first-order valence-corrected chi connectivity index (χ1v) is 10.7. The van der Waals surface area contributed by atoms with E-state index in [1.54, 1.807) is 0 Å². The topological polar surface area (TPSA) is 18.5 Å². The molecule has 0 bridgehead atoms. The van der Waals surface area contributed by atoms with Crippen molar-refractivity contribution < 1.29 is 60.2 Å². The summed E-state index contributed by atoms with van der Waals surface area (Å²) in [6.45, 7) is 11.4. The monoisotopic (exact) mass is 448 g/mol. The van der Waals surface area contributed by atoms with E-state index >= 15 is 0 Å². The second-order valence-electron chi connectivity index (χ2n) is 6.20. The van der Waals surface area contributed by atoms with Crippen LogP contribution in [0.2, 0.25) is 19.6 Å². The van der Waals surface area contributed by atoms with Crippen molar-refractivity contribution in [2.24, 2.45) is 0 Å². The molecule has 1 unspecified atom stereocenters. The van der Waals surface area contributed by atoms with Crippen LogP contribution in [-0.4, -0.2) is 20.5 Å². The second-order valence-corrected chi connectivity index (χ2v) is 10.6. The maximum atomic E-state index is 6.22. The predicted molar refractivity (Wildman–Crippen MR) is 84.4 cm³/mol. The molecule has 0 aromatic rings. The van der Waals surface area contributed by atoms with E-state index in [1.807, 2.05) is 6.92 Å². The first kappa shape index (κ1) is 25.6. The van der Waals surface area contributed by atoms with Gasteiger partial charge in [0, 0.05) is 6.61 Å². The molecule has 0 aliphatic heterocycles. The van der Waals surface area contributed by atoms with Crippen LogP contribution in [0, 0.1) is 12.2 Å². The van der Waals surface area contributed by atoms with E-state index in [0.29, 0.717) is 6.61 Å². The van der Waals surface area contributed by atoms with Gasteiger partial charge >= 0.3 is 26.2 Å². The van der Waals surface area contributed by atoms with E-state index in [-0.39, 0.29) is 51.0 Å². The van der Waals surface area contributed by atoms with Gasteiger partial charge in [-0.05, 0) is 33.5 Å². The maximum absolute atomic E-state index is 6.22. The second kappa shape index (κ2) is 10.4. The number of hydrogen-bond donors (Lipinski definition) is 0. The molecule has 2 rings (SSSR count). The molecule has 0 aromatic heterocycles. The van der Waals surface area contributed by atoms with E-state index in [0.717, 1.165) is 29.7 Å². The minimum atomic E-state index is -1.64. The molecule has 6 heteroatoms. The van der Waals surface area contributed by atoms with Crippen molar-refractivity contribution in [2.45, 2.75) is 51.9 Å². The zero-order valence-electron chi connectivity index (χ0n) is 14.4. The van der Waals surface area contributed by atoms with Crippen molar-refractivity contribution in [3.05, 3.63) is 47.3 Å². The van der Waals surface area contributed by atoms with Crippen LogP contribution >= 0.6 is 0 Å². The smallest absolute Gasteiger partial charge is 1.00 e. The number of ether oxygens (including phenoxy) is 1. The van der Waals surface area contributed by atoms with E-state index < -0.39 is 13.9 Å². The SMILES string of the molecule is CCOC(C)(C1=[C-]CC=C1)C1=[C-]CC=C1O[Si](C)(C)C.[Cl-].[Cl-].[Zr+4]. The van der Waals surface area contributed by atoms with E-state index in [4.69, 9.17) is 9.16 Å². The Labute approximate surface area is 173 Å². The summed E-state index contributed by atoms with van der Waals surface area (Å²) in [5.74, 6) is 0.953. The van der Waals surface area contributed by atoms with Crippen LogP contribution in [0.1, 0.15) is 26.7 Å². The molecule has 2 nitrogen and oxygen atoms in total. The van der Waals surface area contributed by atoms with Crippen molar-refractivity contribution in [3.63, 3.8) is 0 Å². The molecule has 0 heterocycles. The van der Waals surface area contributed by atoms with Crippen LogP contribution in [0.3, 0.4) is 0 Å². The Bertz CT molecular complexity index is 507. The fourth-order valence-electron chi connectivity index (χ4n) is 2.57. The third kappa shape index (κ3) is 6.32. The molecule has 0 aromatic carbocycles. The van der Waals surface area contributed by atoms with Gasteiger partial charge < -0.3 is 34.0 Å². The molecule has 0 saturated heterocycles. The van der Waals surface area contributed by atoms with Gasteiger partial charge in [-0.15, -0.1) is 18.9 Å². The molecule has 0 spiro atoms. The van der Waals surface area contributed by atoms with Gasteiger partial charge in [0.25, 0.3) is 0 Å². The quantitative estimate of drug-likeness (QED) is 0.357. The molecule has 0 fully saturated rings. The van der Waals surface area contributed by atoms with Crippen LogP contribution in [0.4, 0.5) is 0 Å². The largest absolute Gasteiger partial charge is 4.00 e. The summed E-state index contributed by atoms with van der Waals surface area (Å²) < 4.78 is 12.3. The van der Waals surface area contributed by atoms with Crippen LogP contribution in [0.25, 0.3) is 0 Å². The molecule has 0 N–H and O–H groups in total. The number of rotatable bonds is 6. The Hall–Kier alpha value is 0.400. The van der Waals surface area contributed by atoms with E-state index in [2.05, 4.69) is 56.9 Å². The predicted octanol–water partition coefficient (Wildman–Crippen LogP) is -1.65. The van der Waals surface area contributed by atoms with Crippen molar-refractivity contribution >= 4 is 8.32 Å². The molecular formula is C17H24Cl2O2SiZr. The zero-order valence-corrected chi connectivity index (χ0v) is 19.4. The average Bonchev–Trinajstić information content (AvgIpc) is 2.96. The average molecular weight is 451 g/mol. The fourth-order valence-corrected chi connectivity index (χ4v) is 3.41. The van der Waals surface area contributed by atoms with Gasteiger partial charge in [-0.25, -0.2) is 6.08 Å². The summed E-state index contributed by atoms with van der Waals surface area (Å²) in [5.41, 5.74) is 1.63. The van der Waals surface area contributed by atoms with Crippen molar-refractivity contribution in [2.75, 3.05) is 6.61 Å². The Morgan fingerprint density at radius 2 is 1.83 bits per heavy atom. The molecule has 0 radical (unpaired) electrons. The fraction of sp³-hybridized carbons (Fsp3) is 0.529. The van der Waals surface area contributed by atoms with Crippen LogP contribution in [0.15, 0.2) is 35.1 Å². The van der Waals surface area contributed by atoms with E-state index in [9.17, 15) is 0 Å². The summed E-state index contributed by atoms with van der Waals surface area (Å²) in [6.07, 6.45) is 14.8. The molecule has 23 heavy (non-hydrogen) atoms. The van der Waals surface area contributed by atoms with Gasteiger partial charge in [0.1, 0.15) is 0 Å². The Balaban J connectivity index is 0. The van der Waals surface area contributed by atoms with Gasteiger partial charge in [0.15, 0.2) is 0 Å². The summed E-state index contributed by atoms with van der Waals surface area (Å²) in [6, 6.07) is 0. The molecule has 0 amide bonds. The Morgan fingerprint density at radius 3 is 2.30 bits per heavy atom. The summed E-state index contributed by atoms with van der Waals surface area (Å²) in [5, 5.41) is 0. The molecular weight excluding hydrogens is 426 g/mol. The van der Waals surface area contributed by atoms with Crippen molar-refractivity contribution in [3.8, 4) is 0 Å². The van der Waals surface area contributed by atoms with Gasteiger partial charge in [-0.3, -0.25) is 12.2 Å². The number of allylic oxidation sites excluding steroid dienone is 4. The zero-order chi connectivity index (χ0) is 14.8. The van der Waals surface area contributed by atoms with Gasteiger partial charge in [0.2, 0.25) is 8.32 Å². The normalized spacial score (nSPS) is 18.6. The molecule has 0 saturated carbocycles. The van der Waals surface area contributed by atoms with Crippen molar-refractivity contribution in [1.29, 1.82) is 0 Å². The first-order chi connectivity index (χ1) is 9.37. The minimum absolute atomic E-state index is 0. The van der Waals surface area contributed by atoms with Gasteiger partial charge in [-0.1, -0.05) is 5.76 Å². The summed E-state index contributed by atoms with van der Waals surface area (Å²) in [7, 11) is -1.64. The summed E-state index contributed by atoms with van der Waals surface area (Å²) in [4.78, 5) is 0. The third-order valence-corrected chi connectivity index (χ3v) is 4.18. The van der Waals surface area contributed by atoms with E-state index in [1.165, 1.54) is 0 Å². The molecule has 126 valence electrons. The number of halogens is 2. The van der Waals surface area contributed by atoms with Crippen LogP contribution < -0.4 is 24.8 Å². The van der Waals surface area contributed by atoms with Gasteiger partial charge in [0.05, 0.1) is 5.60 Å². The van der Waals surface area contributed by atoms with Gasteiger partial charge in [-0.2, -0.15) is 17.2 Å². The maximum Gasteiger partial charge on any atom is 4.00 e. The van der Waals surface area contributed by atoms with Crippen molar-refractivity contribution in [1.82, 2.24) is 0 Å². The molecule has 1 atom stereocenters. The van der Waals surface area contributed by atoms with Crippen LogP contribution in [-0.2, 0) is 35.4 Å². The number of hydrogen-bond acceptors (Lipinski definition) is 2. The third-order valence-electron chi connectivity index (χ3n) is 3.35.